The predicted octanol–water partition coefficient (Wildman–Crippen LogP) is 0.942. The number of carbonyl (C=O) groups is 2. The summed E-state index contributed by atoms with van der Waals surface area (Å²) in [6.45, 7) is 2.51. The van der Waals surface area contributed by atoms with Crippen LogP contribution < -0.4 is 0 Å². The summed E-state index contributed by atoms with van der Waals surface area (Å²) >= 11 is 6.98. The molecule has 0 saturated carbocycles. The number of carbonyl (C=O) groups excluding carboxylic acids is 2. The fourth-order valence-electron chi connectivity index (χ4n) is 2.04. The number of hydrazone groups is 1. The third-order valence-corrected chi connectivity index (χ3v) is 4.12. The van der Waals surface area contributed by atoms with E-state index in [9.17, 15) is 19.7 Å². The van der Waals surface area contributed by atoms with Gasteiger partial charge < -0.3 is 9.64 Å². The zero-order chi connectivity index (χ0) is 17.7. The lowest BCUT2D eigenvalue weighted by Gasteiger charge is -2.18. The van der Waals surface area contributed by atoms with Gasteiger partial charge in [0.1, 0.15) is 5.10 Å². The molecular weight excluding hydrogens is 362 g/mol. The zero-order valence-corrected chi connectivity index (χ0v) is 14.2. The Bertz CT molecular complexity index is 679. The topological polar surface area (TPSA) is 118 Å². The molecule has 0 radical (unpaired) electrons. The molecule has 0 aliphatic carbocycles. The molecular formula is C12H14ClN5O5S. The minimum Gasteiger partial charge on any atom is -0.459 e. The summed E-state index contributed by atoms with van der Waals surface area (Å²) in [5.74, 6) is -2.24. The third-order valence-electron chi connectivity index (χ3n) is 3.02. The van der Waals surface area contributed by atoms with Gasteiger partial charge in [-0.1, -0.05) is 18.5 Å². The van der Waals surface area contributed by atoms with Gasteiger partial charge in [0.05, 0.1) is 13.2 Å². The molecule has 0 spiro atoms. The van der Waals surface area contributed by atoms with Crippen LogP contribution in [0.2, 0.25) is 4.47 Å². The van der Waals surface area contributed by atoms with Gasteiger partial charge in [0.25, 0.3) is 5.96 Å². The molecule has 10 nitrogen and oxygen atoms in total. The number of aromatic nitrogens is 1. The number of thiazole rings is 1. The molecule has 0 bridgehead atoms. The molecule has 1 aromatic rings. The van der Waals surface area contributed by atoms with Crippen molar-refractivity contribution in [1.29, 1.82) is 0 Å². The van der Waals surface area contributed by atoms with Crippen molar-refractivity contribution in [3.05, 3.63) is 25.7 Å². The van der Waals surface area contributed by atoms with Crippen LogP contribution >= 0.6 is 22.9 Å². The van der Waals surface area contributed by atoms with Crippen LogP contribution in [0, 0.1) is 10.1 Å². The van der Waals surface area contributed by atoms with E-state index >= 15 is 0 Å². The van der Waals surface area contributed by atoms with Gasteiger partial charge in [-0.2, -0.15) is 0 Å². The highest BCUT2D eigenvalue weighted by atomic mass is 35.5. The van der Waals surface area contributed by atoms with Crippen molar-refractivity contribution in [2.75, 3.05) is 19.7 Å². The normalized spacial score (nSPS) is 15.8. The fourth-order valence-corrected chi connectivity index (χ4v) is 3.03. The summed E-state index contributed by atoms with van der Waals surface area (Å²) in [7, 11) is 0. The molecule has 1 amide bonds. The maximum Gasteiger partial charge on any atom is 0.397 e. The van der Waals surface area contributed by atoms with Crippen LogP contribution in [0.1, 0.15) is 18.2 Å². The zero-order valence-electron chi connectivity index (χ0n) is 12.7. The average Bonchev–Trinajstić information content (AvgIpc) is 3.11. The summed E-state index contributed by atoms with van der Waals surface area (Å²) in [6.07, 6.45) is 2.10. The molecule has 130 valence electrons. The highest BCUT2D eigenvalue weighted by Gasteiger charge is 2.38. The molecule has 0 atom stereocenters. The van der Waals surface area contributed by atoms with Gasteiger partial charge in [-0.05, 0) is 6.42 Å². The van der Waals surface area contributed by atoms with E-state index < -0.39 is 16.9 Å². The van der Waals surface area contributed by atoms with Gasteiger partial charge in [-0.3, -0.25) is 9.69 Å². The van der Waals surface area contributed by atoms with E-state index in [1.807, 2.05) is 0 Å². The van der Waals surface area contributed by atoms with Crippen LogP contribution in [0.15, 0.2) is 11.3 Å². The van der Waals surface area contributed by atoms with E-state index in [0.29, 0.717) is 10.9 Å². The average molecular weight is 376 g/mol. The molecule has 24 heavy (non-hydrogen) atoms. The van der Waals surface area contributed by atoms with Gasteiger partial charge in [-0.15, -0.1) is 11.3 Å². The Morgan fingerprint density at radius 1 is 1.54 bits per heavy atom. The molecule has 1 aromatic heterocycles. The van der Waals surface area contributed by atoms with Crippen LogP contribution in [0.3, 0.4) is 0 Å². The lowest BCUT2D eigenvalue weighted by atomic mass is 10.5. The van der Waals surface area contributed by atoms with E-state index in [2.05, 4.69) is 10.1 Å². The minimum atomic E-state index is -1.06. The molecule has 2 heterocycles. The van der Waals surface area contributed by atoms with Crippen LogP contribution in [0.4, 0.5) is 0 Å². The van der Waals surface area contributed by atoms with E-state index in [1.54, 1.807) is 6.92 Å². The Kier molecular flexibility index (Phi) is 6.04. The van der Waals surface area contributed by atoms with E-state index in [0.717, 1.165) is 9.78 Å². The van der Waals surface area contributed by atoms with Gasteiger partial charge >= 0.3 is 11.9 Å². The fraction of sp³-hybridized carbons (Fsp3) is 0.500. The molecule has 0 N–H and O–H groups in total. The van der Waals surface area contributed by atoms with Crippen LogP contribution in [-0.4, -0.2) is 57.3 Å². The summed E-state index contributed by atoms with van der Waals surface area (Å²) in [5.41, 5.74) is 0. The maximum atomic E-state index is 12.1. The number of nitrogens with zero attached hydrogens (tertiary/aromatic N) is 5. The number of ether oxygens (including phenoxy) is 1. The number of amides is 1. The van der Waals surface area contributed by atoms with E-state index in [1.165, 1.54) is 22.4 Å². The minimum absolute atomic E-state index is 0.0965. The first kappa shape index (κ1) is 18.1. The van der Waals surface area contributed by atoms with Gasteiger partial charge in [0, 0.05) is 24.2 Å². The molecule has 1 fully saturated rings. The first-order chi connectivity index (χ1) is 11.4. The first-order valence-electron chi connectivity index (χ1n) is 6.99. The highest BCUT2D eigenvalue weighted by Crippen LogP contribution is 2.21. The Morgan fingerprint density at radius 2 is 2.29 bits per heavy atom. The summed E-state index contributed by atoms with van der Waals surface area (Å²) in [4.78, 5) is 41.7. The number of rotatable bonds is 5. The number of halogens is 1. The van der Waals surface area contributed by atoms with E-state index in [-0.39, 0.29) is 32.2 Å². The Labute approximate surface area is 145 Å². The van der Waals surface area contributed by atoms with E-state index in [4.69, 9.17) is 16.3 Å². The number of hydrogen-bond acceptors (Lipinski definition) is 7. The van der Waals surface area contributed by atoms with Crippen molar-refractivity contribution in [2.45, 2.75) is 19.9 Å². The van der Waals surface area contributed by atoms with Crippen molar-refractivity contribution in [1.82, 2.24) is 14.8 Å². The molecule has 1 saturated heterocycles. The SMILES string of the molecule is CCCOC(=O)C(=O)N1CCN(Cc2cnc(Cl)s2)/C1=N/[N+](=O)[O-]. The molecule has 2 rings (SSSR count). The van der Waals surface area contributed by atoms with Crippen LogP contribution in [0.5, 0.6) is 0 Å². The molecule has 1 aliphatic heterocycles. The standard InChI is InChI=1S/C12H14ClN5O5S/c1-2-5-23-10(20)9(19)17-4-3-16(12(17)15-18(21)22)7-8-6-14-11(13)24-8/h6H,2-5,7H2,1H3/b15-12-. The molecule has 1 aliphatic rings. The second-order valence-electron chi connectivity index (χ2n) is 4.73. The summed E-state index contributed by atoms with van der Waals surface area (Å²) in [5, 5.41) is 13.1. The second-order valence-corrected chi connectivity index (χ2v) is 6.43. The van der Waals surface area contributed by atoms with Crippen LogP contribution in [0.25, 0.3) is 0 Å². The third kappa shape index (κ3) is 4.38. The van der Waals surface area contributed by atoms with Crippen molar-refractivity contribution in [3.8, 4) is 0 Å². The van der Waals surface area contributed by atoms with Gasteiger partial charge in [-0.25, -0.2) is 19.9 Å². The summed E-state index contributed by atoms with van der Waals surface area (Å²) < 4.78 is 5.12. The van der Waals surface area contributed by atoms with Crippen molar-refractivity contribution < 1.29 is 19.4 Å². The van der Waals surface area contributed by atoms with Gasteiger partial charge in [0.2, 0.25) is 0 Å². The molecule has 0 aromatic carbocycles. The maximum absolute atomic E-state index is 12.1. The predicted molar refractivity (Wildman–Crippen MR) is 84.9 cm³/mol. The van der Waals surface area contributed by atoms with Gasteiger partial charge in [0.15, 0.2) is 9.50 Å². The first-order valence-corrected chi connectivity index (χ1v) is 8.18. The number of esters is 1. The largest absolute Gasteiger partial charge is 0.459 e. The lowest BCUT2D eigenvalue weighted by molar-refractivity contribution is -0.486. The van der Waals surface area contributed by atoms with Crippen molar-refractivity contribution >= 4 is 40.8 Å². The second kappa shape index (κ2) is 8.02. The Hall–Kier alpha value is -2.27. The summed E-state index contributed by atoms with van der Waals surface area (Å²) in [6, 6.07) is 0. The molecule has 0 unspecified atom stereocenters. The van der Waals surface area contributed by atoms with Crippen molar-refractivity contribution in [2.24, 2.45) is 5.10 Å². The monoisotopic (exact) mass is 375 g/mol. The van der Waals surface area contributed by atoms with Crippen LogP contribution in [-0.2, 0) is 20.9 Å². The number of hydrogen-bond donors (Lipinski definition) is 0. The number of nitro groups is 1. The lowest BCUT2D eigenvalue weighted by Crippen LogP contribution is -2.42. The quantitative estimate of drug-likeness (QED) is 0.325. The highest BCUT2D eigenvalue weighted by molar-refractivity contribution is 7.15. The number of guanidine groups is 1. The smallest absolute Gasteiger partial charge is 0.397 e. The van der Waals surface area contributed by atoms with Crippen molar-refractivity contribution in [3.63, 3.8) is 0 Å². The molecule has 12 heteroatoms. The Balaban J connectivity index is 2.16. The Morgan fingerprint density at radius 3 is 2.88 bits per heavy atom.